The molecule has 0 saturated carbocycles. The second-order valence-electron chi connectivity index (χ2n) is 6.85. The van der Waals surface area contributed by atoms with E-state index in [-0.39, 0.29) is 23.0 Å². The van der Waals surface area contributed by atoms with Gasteiger partial charge in [-0.05, 0) is 61.4 Å². The summed E-state index contributed by atoms with van der Waals surface area (Å²) in [7, 11) is 0. The predicted molar refractivity (Wildman–Crippen MR) is 115 cm³/mol. The van der Waals surface area contributed by atoms with Gasteiger partial charge in [-0.3, -0.25) is 9.59 Å². The summed E-state index contributed by atoms with van der Waals surface area (Å²) in [5, 5.41) is 7.65. The van der Waals surface area contributed by atoms with E-state index in [2.05, 4.69) is 20.4 Å². The molecule has 2 heterocycles. The molecule has 0 spiro atoms. The first-order chi connectivity index (χ1) is 14.4. The molecule has 2 N–H and O–H groups in total. The van der Waals surface area contributed by atoms with Crippen LogP contribution in [0.2, 0.25) is 0 Å². The van der Waals surface area contributed by atoms with Gasteiger partial charge in [-0.1, -0.05) is 17.8 Å². The van der Waals surface area contributed by atoms with E-state index in [1.54, 1.807) is 12.1 Å². The van der Waals surface area contributed by atoms with Gasteiger partial charge in [-0.15, -0.1) is 0 Å². The minimum Gasteiger partial charge on any atom is -0.325 e. The van der Waals surface area contributed by atoms with E-state index >= 15 is 0 Å². The summed E-state index contributed by atoms with van der Waals surface area (Å²) in [5.41, 5.74) is 3.40. The van der Waals surface area contributed by atoms with E-state index in [0.29, 0.717) is 21.9 Å². The fourth-order valence-corrected chi connectivity index (χ4v) is 3.77. The first-order valence-corrected chi connectivity index (χ1v) is 10.1. The maximum atomic E-state index is 13.2. The van der Waals surface area contributed by atoms with E-state index in [1.165, 1.54) is 23.0 Å². The van der Waals surface area contributed by atoms with Gasteiger partial charge >= 0.3 is 0 Å². The SMILES string of the molecule is Cc1cc(C)cc(NC(=O)CSc2nc3c(cnn3-c3ccc(F)cc3)c(=O)[nH]2)c1. The Kier molecular flexibility index (Phi) is 5.37. The standard InChI is InChI=1S/C21H18FN5O2S/c1-12-7-13(2)9-15(8-12)24-18(28)11-30-21-25-19-17(20(29)26-21)10-23-27(19)16-5-3-14(22)4-6-16/h3-10H,11H2,1-2H3,(H,24,28)(H,25,26,29). The highest BCUT2D eigenvalue weighted by Gasteiger charge is 2.13. The average molecular weight is 423 g/mol. The number of anilines is 1. The fourth-order valence-electron chi connectivity index (χ4n) is 3.12. The number of fused-ring (bicyclic) bond motifs is 1. The van der Waals surface area contributed by atoms with Crippen molar-refractivity contribution < 1.29 is 9.18 Å². The van der Waals surface area contributed by atoms with Crippen LogP contribution >= 0.6 is 11.8 Å². The maximum absolute atomic E-state index is 13.2. The van der Waals surface area contributed by atoms with Crippen molar-refractivity contribution in [3.05, 3.63) is 76.0 Å². The molecule has 4 aromatic rings. The van der Waals surface area contributed by atoms with E-state index in [4.69, 9.17) is 0 Å². The fraction of sp³-hybridized carbons (Fsp3) is 0.143. The number of halogens is 1. The summed E-state index contributed by atoms with van der Waals surface area (Å²) in [6.07, 6.45) is 1.41. The third kappa shape index (κ3) is 4.25. The number of carbonyl (C=O) groups is 1. The number of nitrogens with zero attached hydrogens (tertiary/aromatic N) is 3. The van der Waals surface area contributed by atoms with E-state index in [0.717, 1.165) is 28.6 Å². The van der Waals surface area contributed by atoms with Gasteiger partial charge in [0.15, 0.2) is 10.8 Å². The van der Waals surface area contributed by atoms with Crippen LogP contribution in [0.25, 0.3) is 16.7 Å². The van der Waals surface area contributed by atoms with E-state index < -0.39 is 0 Å². The van der Waals surface area contributed by atoms with Gasteiger partial charge in [0.1, 0.15) is 11.2 Å². The van der Waals surface area contributed by atoms with Crippen LogP contribution in [0, 0.1) is 19.7 Å². The summed E-state index contributed by atoms with van der Waals surface area (Å²) in [6, 6.07) is 11.5. The number of aromatic nitrogens is 4. The van der Waals surface area contributed by atoms with E-state index in [1.807, 2.05) is 32.0 Å². The minimum atomic E-state index is -0.368. The smallest absolute Gasteiger partial charge is 0.262 e. The zero-order valence-corrected chi connectivity index (χ0v) is 17.1. The number of amides is 1. The third-order valence-electron chi connectivity index (χ3n) is 4.33. The number of nitrogens with one attached hydrogen (secondary N) is 2. The molecule has 7 nitrogen and oxygen atoms in total. The molecule has 2 aromatic carbocycles. The molecule has 0 aliphatic heterocycles. The van der Waals surface area contributed by atoms with Gasteiger partial charge in [-0.25, -0.2) is 14.1 Å². The highest BCUT2D eigenvalue weighted by molar-refractivity contribution is 7.99. The molecule has 0 saturated heterocycles. The largest absolute Gasteiger partial charge is 0.325 e. The first kappa shape index (κ1) is 19.8. The normalized spacial score (nSPS) is 11.0. The molecule has 0 atom stereocenters. The quantitative estimate of drug-likeness (QED) is 0.378. The van der Waals surface area contributed by atoms with Crippen LogP contribution in [0.4, 0.5) is 10.1 Å². The Morgan fingerprint density at radius 2 is 1.87 bits per heavy atom. The monoisotopic (exact) mass is 423 g/mol. The van der Waals surface area contributed by atoms with Crippen LogP contribution in [0.5, 0.6) is 0 Å². The number of rotatable bonds is 5. The molecule has 9 heteroatoms. The lowest BCUT2D eigenvalue weighted by Crippen LogP contribution is -2.16. The summed E-state index contributed by atoms with van der Waals surface area (Å²) in [4.78, 5) is 31.8. The molecule has 0 aliphatic carbocycles. The Morgan fingerprint density at radius 1 is 1.17 bits per heavy atom. The Labute approximate surface area is 175 Å². The lowest BCUT2D eigenvalue weighted by molar-refractivity contribution is -0.113. The second kappa shape index (κ2) is 8.11. The summed E-state index contributed by atoms with van der Waals surface area (Å²) in [5.74, 6) is -0.501. The van der Waals surface area contributed by atoms with Crippen LogP contribution in [0.1, 0.15) is 11.1 Å². The molecular formula is C21H18FN5O2S. The number of hydrogen-bond donors (Lipinski definition) is 2. The molecule has 30 heavy (non-hydrogen) atoms. The van der Waals surface area contributed by atoms with Crippen molar-refractivity contribution in [1.82, 2.24) is 19.7 Å². The van der Waals surface area contributed by atoms with Crippen molar-refractivity contribution in [2.45, 2.75) is 19.0 Å². The minimum absolute atomic E-state index is 0.0755. The van der Waals surface area contributed by atoms with Crippen LogP contribution in [-0.4, -0.2) is 31.4 Å². The lowest BCUT2D eigenvalue weighted by Gasteiger charge is -2.07. The van der Waals surface area contributed by atoms with Crippen LogP contribution in [0.3, 0.4) is 0 Å². The molecule has 4 rings (SSSR count). The number of aryl methyl sites for hydroxylation is 2. The average Bonchev–Trinajstić information content (AvgIpc) is 3.11. The van der Waals surface area contributed by atoms with Crippen molar-refractivity contribution in [3.63, 3.8) is 0 Å². The number of carbonyl (C=O) groups excluding carboxylic acids is 1. The van der Waals surface area contributed by atoms with Gasteiger partial charge in [-0.2, -0.15) is 5.10 Å². The Morgan fingerprint density at radius 3 is 2.57 bits per heavy atom. The molecule has 152 valence electrons. The highest BCUT2D eigenvalue weighted by Crippen LogP contribution is 2.19. The number of H-pyrrole nitrogens is 1. The van der Waals surface area contributed by atoms with Crippen molar-refractivity contribution >= 4 is 34.4 Å². The van der Waals surface area contributed by atoms with Crippen LogP contribution in [-0.2, 0) is 4.79 Å². The molecule has 0 aliphatic rings. The third-order valence-corrected chi connectivity index (χ3v) is 5.21. The number of thioether (sulfide) groups is 1. The summed E-state index contributed by atoms with van der Waals surface area (Å²) >= 11 is 1.12. The topological polar surface area (TPSA) is 92.7 Å². The number of hydrogen-bond acceptors (Lipinski definition) is 5. The lowest BCUT2D eigenvalue weighted by atomic mass is 10.1. The molecule has 1 amide bonds. The Hall–Kier alpha value is -3.46. The zero-order valence-electron chi connectivity index (χ0n) is 16.3. The molecule has 0 unspecified atom stereocenters. The number of aromatic amines is 1. The number of benzene rings is 2. The van der Waals surface area contributed by atoms with Gasteiger partial charge < -0.3 is 10.3 Å². The highest BCUT2D eigenvalue weighted by atomic mass is 32.2. The Balaban J connectivity index is 1.54. The summed E-state index contributed by atoms with van der Waals surface area (Å²) in [6.45, 7) is 3.93. The van der Waals surface area contributed by atoms with Crippen molar-refractivity contribution in [1.29, 1.82) is 0 Å². The maximum Gasteiger partial charge on any atom is 0.262 e. The van der Waals surface area contributed by atoms with Gasteiger partial charge in [0, 0.05) is 5.69 Å². The van der Waals surface area contributed by atoms with Gasteiger partial charge in [0.25, 0.3) is 5.56 Å². The van der Waals surface area contributed by atoms with Crippen LogP contribution < -0.4 is 10.9 Å². The van der Waals surface area contributed by atoms with Crippen molar-refractivity contribution in [2.24, 2.45) is 0 Å². The second-order valence-corrected chi connectivity index (χ2v) is 7.82. The van der Waals surface area contributed by atoms with Gasteiger partial charge in [0.05, 0.1) is 17.6 Å². The van der Waals surface area contributed by atoms with E-state index in [9.17, 15) is 14.0 Å². The molecule has 0 bridgehead atoms. The zero-order chi connectivity index (χ0) is 21.3. The first-order valence-electron chi connectivity index (χ1n) is 9.14. The molecule has 0 fully saturated rings. The predicted octanol–water partition coefficient (Wildman–Crippen LogP) is 3.60. The van der Waals surface area contributed by atoms with Crippen molar-refractivity contribution in [3.8, 4) is 5.69 Å². The Bertz CT molecular complexity index is 1280. The van der Waals surface area contributed by atoms with Crippen LogP contribution in [0.15, 0.2) is 58.6 Å². The van der Waals surface area contributed by atoms with Gasteiger partial charge in [0.2, 0.25) is 5.91 Å². The summed E-state index contributed by atoms with van der Waals surface area (Å²) < 4.78 is 14.7. The van der Waals surface area contributed by atoms with Crippen molar-refractivity contribution in [2.75, 3.05) is 11.1 Å². The molecular weight excluding hydrogens is 405 g/mol. The molecule has 0 radical (unpaired) electrons. The molecule has 2 aromatic heterocycles.